The Kier molecular flexibility index (Phi) is 4.91. The van der Waals surface area contributed by atoms with E-state index < -0.39 is 23.4 Å². The van der Waals surface area contributed by atoms with Crippen molar-refractivity contribution in [2.24, 2.45) is 0 Å². The molecule has 4 nitrogen and oxygen atoms in total. The quantitative estimate of drug-likeness (QED) is 0.659. The molecule has 0 saturated carbocycles. The molecule has 3 aromatic rings. The molecule has 2 amide bonds. The first-order chi connectivity index (χ1) is 14.0. The molecule has 0 bridgehead atoms. The van der Waals surface area contributed by atoms with E-state index in [1.54, 1.807) is 42.5 Å². The van der Waals surface area contributed by atoms with E-state index in [0.29, 0.717) is 11.3 Å². The van der Waals surface area contributed by atoms with Crippen LogP contribution in [0, 0.1) is 11.6 Å². The molecule has 29 heavy (non-hydrogen) atoms. The second kappa shape index (κ2) is 7.67. The number of benzene rings is 3. The molecule has 1 N–H and O–H groups in total. The number of imide groups is 1. The molecule has 6 heteroatoms. The number of hydrogen-bond donors (Lipinski definition) is 1. The van der Waals surface area contributed by atoms with Crippen LogP contribution < -0.4 is 5.32 Å². The molecule has 0 fully saturated rings. The van der Waals surface area contributed by atoms with Gasteiger partial charge in [-0.05, 0) is 29.8 Å². The Hall–Kier alpha value is -3.80. The van der Waals surface area contributed by atoms with E-state index in [0.717, 1.165) is 4.90 Å². The lowest BCUT2D eigenvalue weighted by Gasteiger charge is -2.16. The molecule has 3 aromatic carbocycles. The van der Waals surface area contributed by atoms with Crippen molar-refractivity contribution in [3.8, 4) is 0 Å². The van der Waals surface area contributed by atoms with E-state index >= 15 is 0 Å². The Labute approximate surface area is 166 Å². The van der Waals surface area contributed by atoms with Crippen LogP contribution in [0.4, 0.5) is 14.5 Å². The fraction of sp³-hybridized carbons (Fsp3) is 0.0435. The first-order valence-corrected chi connectivity index (χ1v) is 8.96. The van der Waals surface area contributed by atoms with Gasteiger partial charge in [-0.1, -0.05) is 54.6 Å². The molecular weight excluding hydrogens is 374 g/mol. The van der Waals surface area contributed by atoms with Gasteiger partial charge in [0.05, 0.1) is 12.1 Å². The lowest BCUT2D eigenvalue weighted by atomic mass is 10.0. The number of carbonyl (C=O) groups is 2. The normalized spacial score (nSPS) is 13.9. The van der Waals surface area contributed by atoms with Gasteiger partial charge < -0.3 is 5.32 Å². The lowest BCUT2D eigenvalue weighted by Crippen LogP contribution is -2.32. The minimum Gasteiger partial charge on any atom is -0.350 e. The van der Waals surface area contributed by atoms with Gasteiger partial charge >= 0.3 is 0 Å². The van der Waals surface area contributed by atoms with E-state index in [1.807, 2.05) is 0 Å². The van der Waals surface area contributed by atoms with Gasteiger partial charge in [0.2, 0.25) is 0 Å². The molecule has 144 valence electrons. The number of anilines is 1. The van der Waals surface area contributed by atoms with Gasteiger partial charge in [0, 0.05) is 11.3 Å². The zero-order chi connectivity index (χ0) is 20.4. The number of halogens is 2. The van der Waals surface area contributed by atoms with Crippen molar-refractivity contribution in [2.45, 2.75) is 6.54 Å². The summed E-state index contributed by atoms with van der Waals surface area (Å²) in [5.74, 6) is -2.11. The van der Waals surface area contributed by atoms with Crippen molar-refractivity contribution in [2.75, 3.05) is 5.32 Å². The van der Waals surface area contributed by atoms with E-state index in [4.69, 9.17) is 0 Å². The zero-order valence-corrected chi connectivity index (χ0v) is 15.2. The first kappa shape index (κ1) is 18.6. The van der Waals surface area contributed by atoms with E-state index in [1.165, 1.54) is 36.4 Å². The van der Waals surface area contributed by atoms with Crippen molar-refractivity contribution in [3.63, 3.8) is 0 Å². The topological polar surface area (TPSA) is 49.4 Å². The minimum atomic E-state index is -0.596. The molecule has 1 heterocycles. The fourth-order valence-corrected chi connectivity index (χ4v) is 3.22. The van der Waals surface area contributed by atoms with Crippen LogP contribution in [0.15, 0.2) is 84.6 Å². The molecule has 0 saturated heterocycles. The Bertz CT molecular complexity index is 1130. The molecule has 0 atom stereocenters. The zero-order valence-electron chi connectivity index (χ0n) is 15.2. The Balaban J connectivity index is 1.75. The average molecular weight is 390 g/mol. The maximum atomic E-state index is 14.1. The highest BCUT2D eigenvalue weighted by Gasteiger charge is 2.39. The van der Waals surface area contributed by atoms with Gasteiger partial charge in [-0.15, -0.1) is 0 Å². The standard InChI is InChI=1S/C23H16F2N2O2/c24-17-10-6-11-18(13-17)26-21-20(15-7-2-1-3-8-15)22(28)27(23(21)29)14-16-9-4-5-12-19(16)25/h1-13,26H,14H2. The number of amides is 2. The number of nitrogens with one attached hydrogen (secondary N) is 1. The molecule has 1 aliphatic heterocycles. The highest BCUT2D eigenvalue weighted by atomic mass is 19.1. The average Bonchev–Trinajstić information content (AvgIpc) is 2.94. The molecule has 0 aliphatic carbocycles. The maximum Gasteiger partial charge on any atom is 0.278 e. The van der Waals surface area contributed by atoms with E-state index in [9.17, 15) is 18.4 Å². The number of hydrogen-bond acceptors (Lipinski definition) is 3. The Morgan fingerprint density at radius 2 is 1.52 bits per heavy atom. The van der Waals surface area contributed by atoms with Gasteiger partial charge in [0.25, 0.3) is 11.8 Å². The van der Waals surface area contributed by atoms with Crippen molar-refractivity contribution >= 4 is 23.1 Å². The van der Waals surface area contributed by atoms with Crippen LogP contribution >= 0.6 is 0 Å². The monoisotopic (exact) mass is 390 g/mol. The summed E-state index contributed by atoms with van der Waals surface area (Å²) in [4.78, 5) is 27.2. The molecule has 0 radical (unpaired) electrons. The predicted octanol–water partition coefficient (Wildman–Crippen LogP) is 4.36. The molecule has 0 unspecified atom stereocenters. The summed E-state index contributed by atoms with van der Waals surface area (Å²) in [5.41, 5.74) is 1.30. The largest absolute Gasteiger partial charge is 0.350 e. The number of nitrogens with zero attached hydrogens (tertiary/aromatic N) is 1. The van der Waals surface area contributed by atoms with Gasteiger partial charge in [-0.2, -0.15) is 0 Å². The van der Waals surface area contributed by atoms with Gasteiger partial charge in [0.15, 0.2) is 0 Å². The van der Waals surface area contributed by atoms with Crippen molar-refractivity contribution in [1.29, 1.82) is 0 Å². The van der Waals surface area contributed by atoms with Crippen LogP contribution in [0.2, 0.25) is 0 Å². The highest BCUT2D eigenvalue weighted by molar-refractivity contribution is 6.36. The van der Waals surface area contributed by atoms with Gasteiger partial charge in [-0.3, -0.25) is 14.5 Å². The van der Waals surface area contributed by atoms with Crippen LogP contribution in [0.3, 0.4) is 0 Å². The molecular formula is C23H16F2N2O2. The van der Waals surface area contributed by atoms with Crippen LogP contribution in [0.1, 0.15) is 11.1 Å². The predicted molar refractivity (Wildman–Crippen MR) is 105 cm³/mol. The van der Waals surface area contributed by atoms with Crippen LogP contribution in [-0.2, 0) is 16.1 Å². The van der Waals surface area contributed by atoms with Crippen molar-refractivity contribution < 1.29 is 18.4 Å². The van der Waals surface area contributed by atoms with Crippen molar-refractivity contribution in [3.05, 3.63) is 107 Å². The van der Waals surface area contributed by atoms with Crippen LogP contribution in [-0.4, -0.2) is 16.7 Å². The van der Waals surface area contributed by atoms with Gasteiger partial charge in [-0.25, -0.2) is 8.78 Å². The second-order valence-electron chi connectivity index (χ2n) is 6.54. The maximum absolute atomic E-state index is 14.1. The smallest absolute Gasteiger partial charge is 0.278 e. The summed E-state index contributed by atoms with van der Waals surface area (Å²) in [5, 5.41) is 2.87. The Morgan fingerprint density at radius 1 is 0.793 bits per heavy atom. The third kappa shape index (κ3) is 3.65. The van der Waals surface area contributed by atoms with Crippen LogP contribution in [0.5, 0.6) is 0 Å². The summed E-state index contributed by atoms with van der Waals surface area (Å²) in [6.45, 7) is -0.199. The summed E-state index contributed by atoms with van der Waals surface area (Å²) in [7, 11) is 0. The summed E-state index contributed by atoms with van der Waals surface area (Å²) < 4.78 is 27.7. The Morgan fingerprint density at radius 3 is 2.24 bits per heavy atom. The second-order valence-corrected chi connectivity index (χ2v) is 6.54. The fourth-order valence-electron chi connectivity index (χ4n) is 3.22. The molecule has 1 aliphatic rings. The van der Waals surface area contributed by atoms with Crippen molar-refractivity contribution in [1.82, 2.24) is 4.90 Å². The third-order valence-corrected chi connectivity index (χ3v) is 4.61. The SMILES string of the molecule is O=C1C(Nc2cccc(F)c2)=C(c2ccccc2)C(=O)N1Cc1ccccc1F. The first-order valence-electron chi connectivity index (χ1n) is 8.96. The third-order valence-electron chi connectivity index (χ3n) is 4.61. The molecule has 4 rings (SSSR count). The summed E-state index contributed by atoms with van der Waals surface area (Å²) in [6, 6.07) is 20.3. The van der Waals surface area contributed by atoms with E-state index in [2.05, 4.69) is 5.32 Å². The highest BCUT2D eigenvalue weighted by Crippen LogP contribution is 2.31. The van der Waals surface area contributed by atoms with Gasteiger partial charge in [0.1, 0.15) is 17.3 Å². The van der Waals surface area contributed by atoms with Crippen LogP contribution in [0.25, 0.3) is 5.57 Å². The number of carbonyl (C=O) groups excluding carboxylic acids is 2. The molecule has 0 spiro atoms. The summed E-state index contributed by atoms with van der Waals surface area (Å²) >= 11 is 0. The number of rotatable bonds is 5. The minimum absolute atomic E-state index is 0.0307. The lowest BCUT2D eigenvalue weighted by molar-refractivity contribution is -0.137. The van der Waals surface area contributed by atoms with E-state index in [-0.39, 0.29) is 23.4 Å². The molecule has 0 aromatic heterocycles. The summed E-state index contributed by atoms with van der Waals surface area (Å²) in [6.07, 6.45) is 0.